The second-order valence-electron chi connectivity index (χ2n) is 6.16. The topological polar surface area (TPSA) is 58.4 Å². The highest BCUT2D eigenvalue weighted by Gasteiger charge is 2.31. The number of rotatable bonds is 4. The van der Waals surface area contributed by atoms with Gasteiger partial charge in [0.2, 0.25) is 0 Å². The lowest BCUT2D eigenvalue weighted by Crippen LogP contribution is -2.49. The molecular weight excluding hydrogens is 266 g/mol. The fourth-order valence-corrected chi connectivity index (χ4v) is 3.71. The fourth-order valence-electron chi connectivity index (χ4n) is 3.71. The van der Waals surface area contributed by atoms with Gasteiger partial charge in [-0.2, -0.15) is 0 Å². The highest BCUT2D eigenvalue weighted by atomic mass is 16.6. The maximum absolute atomic E-state index is 10.9. The SMILES string of the molecule is O=[N+]([O-])c1cccc(CN2CCCCC2C2CCCN2)c1. The summed E-state index contributed by atoms with van der Waals surface area (Å²) in [6.07, 6.45) is 6.31. The molecule has 1 aromatic rings. The molecule has 2 fully saturated rings. The van der Waals surface area contributed by atoms with Crippen LogP contribution in [-0.4, -0.2) is 35.0 Å². The summed E-state index contributed by atoms with van der Waals surface area (Å²) >= 11 is 0. The standard InChI is InChI=1S/C16H23N3O2/c20-19(21)14-6-3-5-13(11-14)12-18-10-2-1-8-16(18)15-7-4-9-17-15/h3,5-6,11,15-17H,1-2,4,7-10,12H2. The zero-order valence-electron chi connectivity index (χ0n) is 12.3. The lowest BCUT2D eigenvalue weighted by atomic mass is 9.94. The van der Waals surface area contributed by atoms with E-state index in [0.29, 0.717) is 12.1 Å². The van der Waals surface area contributed by atoms with Crippen LogP contribution >= 0.6 is 0 Å². The third kappa shape index (κ3) is 3.41. The van der Waals surface area contributed by atoms with Gasteiger partial charge in [0.1, 0.15) is 0 Å². The van der Waals surface area contributed by atoms with Gasteiger partial charge in [0.25, 0.3) is 5.69 Å². The molecule has 2 unspecified atom stereocenters. The molecule has 2 saturated heterocycles. The Kier molecular flexibility index (Phi) is 4.51. The van der Waals surface area contributed by atoms with E-state index in [1.54, 1.807) is 18.2 Å². The molecule has 0 saturated carbocycles. The highest BCUT2D eigenvalue weighted by Crippen LogP contribution is 2.26. The summed E-state index contributed by atoms with van der Waals surface area (Å²) in [4.78, 5) is 13.1. The number of hydrogen-bond acceptors (Lipinski definition) is 4. The number of nitrogens with one attached hydrogen (secondary N) is 1. The van der Waals surface area contributed by atoms with Gasteiger partial charge in [-0.3, -0.25) is 15.0 Å². The summed E-state index contributed by atoms with van der Waals surface area (Å²) in [5, 5.41) is 14.5. The first kappa shape index (κ1) is 14.5. The normalized spacial score (nSPS) is 26.9. The van der Waals surface area contributed by atoms with E-state index < -0.39 is 0 Å². The van der Waals surface area contributed by atoms with E-state index in [1.807, 2.05) is 6.07 Å². The van der Waals surface area contributed by atoms with Crippen molar-refractivity contribution in [2.75, 3.05) is 13.1 Å². The van der Waals surface area contributed by atoms with Gasteiger partial charge in [-0.15, -0.1) is 0 Å². The number of hydrogen-bond donors (Lipinski definition) is 1. The van der Waals surface area contributed by atoms with E-state index >= 15 is 0 Å². The third-order valence-electron chi connectivity index (χ3n) is 4.73. The highest BCUT2D eigenvalue weighted by molar-refractivity contribution is 5.34. The minimum Gasteiger partial charge on any atom is -0.312 e. The number of nitrogens with zero attached hydrogens (tertiary/aromatic N) is 2. The van der Waals surface area contributed by atoms with Crippen LogP contribution in [0.15, 0.2) is 24.3 Å². The second kappa shape index (κ2) is 6.54. The molecule has 2 aliphatic heterocycles. The van der Waals surface area contributed by atoms with Crippen LogP contribution in [0.25, 0.3) is 0 Å². The molecule has 2 atom stereocenters. The summed E-state index contributed by atoms with van der Waals surface area (Å²) < 4.78 is 0. The maximum Gasteiger partial charge on any atom is 0.269 e. The van der Waals surface area contributed by atoms with Gasteiger partial charge in [0, 0.05) is 30.8 Å². The summed E-state index contributed by atoms with van der Waals surface area (Å²) in [5.74, 6) is 0. The molecule has 2 aliphatic rings. The van der Waals surface area contributed by atoms with Gasteiger partial charge >= 0.3 is 0 Å². The second-order valence-corrected chi connectivity index (χ2v) is 6.16. The maximum atomic E-state index is 10.9. The van der Waals surface area contributed by atoms with E-state index in [1.165, 1.54) is 32.1 Å². The van der Waals surface area contributed by atoms with Crippen molar-refractivity contribution < 1.29 is 4.92 Å². The summed E-state index contributed by atoms with van der Waals surface area (Å²) in [6.45, 7) is 3.06. The first-order valence-corrected chi connectivity index (χ1v) is 7.95. The third-order valence-corrected chi connectivity index (χ3v) is 4.73. The summed E-state index contributed by atoms with van der Waals surface area (Å²) in [6, 6.07) is 8.26. The lowest BCUT2D eigenvalue weighted by Gasteiger charge is -2.39. The van der Waals surface area contributed by atoms with Crippen molar-refractivity contribution in [3.8, 4) is 0 Å². The van der Waals surface area contributed by atoms with Crippen LogP contribution in [0, 0.1) is 10.1 Å². The van der Waals surface area contributed by atoms with Crippen molar-refractivity contribution in [3.05, 3.63) is 39.9 Å². The Morgan fingerprint density at radius 1 is 1.29 bits per heavy atom. The molecule has 21 heavy (non-hydrogen) atoms. The first-order chi connectivity index (χ1) is 10.2. The molecule has 114 valence electrons. The number of nitro benzene ring substituents is 1. The van der Waals surface area contributed by atoms with Crippen LogP contribution in [-0.2, 0) is 6.54 Å². The molecule has 1 aromatic carbocycles. The molecule has 1 N–H and O–H groups in total. The zero-order valence-corrected chi connectivity index (χ0v) is 12.3. The Hall–Kier alpha value is -1.46. The van der Waals surface area contributed by atoms with Crippen LogP contribution < -0.4 is 5.32 Å². The van der Waals surface area contributed by atoms with Gasteiger partial charge in [-0.25, -0.2) is 0 Å². The van der Waals surface area contributed by atoms with E-state index in [9.17, 15) is 10.1 Å². The van der Waals surface area contributed by atoms with E-state index in [2.05, 4.69) is 10.2 Å². The Labute approximate surface area is 125 Å². The number of likely N-dealkylation sites (tertiary alicyclic amines) is 1. The Bertz CT molecular complexity index is 500. The Morgan fingerprint density at radius 3 is 2.95 bits per heavy atom. The number of benzene rings is 1. The van der Waals surface area contributed by atoms with Crippen LogP contribution in [0.2, 0.25) is 0 Å². The van der Waals surface area contributed by atoms with Crippen LogP contribution in [0.3, 0.4) is 0 Å². The van der Waals surface area contributed by atoms with Crippen molar-refractivity contribution >= 4 is 5.69 Å². The average Bonchev–Trinajstić information content (AvgIpc) is 3.02. The largest absolute Gasteiger partial charge is 0.312 e. The van der Waals surface area contributed by atoms with Gasteiger partial charge in [0.15, 0.2) is 0 Å². The van der Waals surface area contributed by atoms with Crippen LogP contribution in [0.4, 0.5) is 5.69 Å². The molecular formula is C16H23N3O2. The van der Waals surface area contributed by atoms with E-state index in [0.717, 1.165) is 25.2 Å². The summed E-state index contributed by atoms with van der Waals surface area (Å²) in [5.41, 5.74) is 1.24. The first-order valence-electron chi connectivity index (χ1n) is 7.95. The molecule has 0 bridgehead atoms. The molecule has 0 aromatic heterocycles. The smallest absolute Gasteiger partial charge is 0.269 e. The molecule has 0 radical (unpaired) electrons. The van der Waals surface area contributed by atoms with Gasteiger partial charge in [-0.05, 0) is 44.3 Å². The van der Waals surface area contributed by atoms with Crippen LogP contribution in [0.5, 0.6) is 0 Å². The Balaban J connectivity index is 1.71. The molecule has 3 rings (SSSR count). The molecule has 0 amide bonds. The quantitative estimate of drug-likeness (QED) is 0.684. The monoisotopic (exact) mass is 289 g/mol. The Morgan fingerprint density at radius 2 is 2.19 bits per heavy atom. The molecule has 0 aliphatic carbocycles. The van der Waals surface area contributed by atoms with Gasteiger partial charge < -0.3 is 5.32 Å². The van der Waals surface area contributed by atoms with Gasteiger partial charge in [0.05, 0.1) is 4.92 Å². The predicted octanol–water partition coefficient (Wildman–Crippen LogP) is 2.70. The van der Waals surface area contributed by atoms with Crippen LogP contribution in [0.1, 0.15) is 37.7 Å². The van der Waals surface area contributed by atoms with Crippen molar-refractivity contribution in [2.24, 2.45) is 0 Å². The molecule has 5 nitrogen and oxygen atoms in total. The summed E-state index contributed by atoms with van der Waals surface area (Å²) in [7, 11) is 0. The zero-order chi connectivity index (χ0) is 14.7. The van der Waals surface area contributed by atoms with Crippen molar-refractivity contribution in [3.63, 3.8) is 0 Å². The fraction of sp³-hybridized carbons (Fsp3) is 0.625. The molecule has 0 spiro atoms. The minimum absolute atomic E-state index is 0.194. The van der Waals surface area contributed by atoms with Gasteiger partial charge in [-0.1, -0.05) is 18.6 Å². The average molecular weight is 289 g/mol. The number of non-ortho nitro benzene ring substituents is 1. The van der Waals surface area contributed by atoms with Crippen molar-refractivity contribution in [2.45, 2.75) is 50.7 Å². The molecule has 5 heteroatoms. The van der Waals surface area contributed by atoms with Crippen molar-refractivity contribution in [1.29, 1.82) is 0 Å². The minimum atomic E-state index is -0.310. The lowest BCUT2D eigenvalue weighted by molar-refractivity contribution is -0.384. The molecule has 2 heterocycles. The predicted molar refractivity (Wildman–Crippen MR) is 82.2 cm³/mol. The van der Waals surface area contributed by atoms with Crippen molar-refractivity contribution in [1.82, 2.24) is 10.2 Å². The number of piperidine rings is 1. The number of nitro groups is 1. The van der Waals surface area contributed by atoms with E-state index in [4.69, 9.17) is 0 Å². The van der Waals surface area contributed by atoms with E-state index in [-0.39, 0.29) is 10.6 Å².